The number of aromatic nitrogens is 2. The van der Waals surface area contributed by atoms with Gasteiger partial charge in [-0.2, -0.15) is 17.4 Å². The molecule has 9 heteroatoms. The van der Waals surface area contributed by atoms with Gasteiger partial charge < -0.3 is 4.52 Å². The van der Waals surface area contributed by atoms with E-state index in [0.29, 0.717) is 17.1 Å². The molecular weight excluding hydrogens is 287 g/mol. The highest BCUT2D eigenvalue weighted by molar-refractivity contribution is 7.87. The highest BCUT2D eigenvalue weighted by Crippen LogP contribution is 2.18. The molecule has 0 saturated heterocycles. The number of nitrogens with zero attached hydrogens (tertiary/aromatic N) is 3. The minimum absolute atomic E-state index is 0.00872. The van der Waals surface area contributed by atoms with Gasteiger partial charge in [0.05, 0.1) is 18.4 Å². The first-order valence-electron chi connectivity index (χ1n) is 5.63. The molecule has 1 N–H and O–H groups in total. The van der Waals surface area contributed by atoms with E-state index in [1.807, 2.05) is 0 Å². The van der Waals surface area contributed by atoms with E-state index in [0.717, 1.165) is 10.5 Å². The maximum atomic E-state index is 12.7. The Morgan fingerprint density at radius 3 is 2.75 bits per heavy atom. The molecule has 20 heavy (non-hydrogen) atoms. The van der Waals surface area contributed by atoms with Gasteiger partial charge in [-0.05, 0) is 12.1 Å². The smallest absolute Gasteiger partial charge is 0.279 e. The normalized spacial score (nSPS) is 12.0. The molecule has 0 aromatic carbocycles. The molecular formula is C11H13FN4O3S. The Morgan fingerprint density at radius 1 is 1.40 bits per heavy atom. The SMILES string of the molecule is CN(C)S(=O)(=O)NCc1cc(-c2ccc(F)cn2)on1. The monoisotopic (exact) mass is 300 g/mol. The summed E-state index contributed by atoms with van der Waals surface area (Å²) in [6.07, 6.45) is 1.06. The standard InChI is InChI=1S/C11H13FN4O3S/c1-16(2)20(17,18)14-7-9-5-11(19-15-9)10-4-3-8(12)6-13-10/h3-6,14H,7H2,1-2H3. The highest BCUT2D eigenvalue weighted by atomic mass is 32.2. The summed E-state index contributed by atoms with van der Waals surface area (Å²) < 4.78 is 44.2. The van der Waals surface area contributed by atoms with E-state index in [1.165, 1.54) is 26.2 Å². The fourth-order valence-corrected chi connectivity index (χ4v) is 1.92. The van der Waals surface area contributed by atoms with Crippen LogP contribution in [-0.2, 0) is 16.8 Å². The van der Waals surface area contributed by atoms with Gasteiger partial charge in [0.2, 0.25) is 0 Å². The molecule has 0 unspecified atom stereocenters. The van der Waals surface area contributed by atoms with Gasteiger partial charge >= 0.3 is 0 Å². The van der Waals surface area contributed by atoms with Gasteiger partial charge in [-0.25, -0.2) is 9.37 Å². The molecule has 0 aliphatic rings. The Bertz CT molecular complexity index is 682. The van der Waals surface area contributed by atoms with Crippen molar-refractivity contribution >= 4 is 10.2 Å². The molecule has 0 bridgehead atoms. The maximum Gasteiger partial charge on any atom is 0.279 e. The number of hydrogen-bond acceptors (Lipinski definition) is 5. The van der Waals surface area contributed by atoms with Crippen LogP contribution >= 0.6 is 0 Å². The van der Waals surface area contributed by atoms with Gasteiger partial charge in [-0.1, -0.05) is 5.16 Å². The summed E-state index contributed by atoms with van der Waals surface area (Å²) in [6, 6.07) is 4.24. The lowest BCUT2D eigenvalue weighted by Crippen LogP contribution is -2.35. The number of pyridine rings is 1. The molecule has 2 rings (SSSR count). The van der Waals surface area contributed by atoms with E-state index >= 15 is 0 Å². The average Bonchev–Trinajstić information content (AvgIpc) is 2.86. The molecule has 0 aliphatic carbocycles. The maximum absolute atomic E-state index is 12.7. The van der Waals surface area contributed by atoms with Crippen LogP contribution in [0.1, 0.15) is 5.69 Å². The van der Waals surface area contributed by atoms with Crippen LogP contribution in [0.2, 0.25) is 0 Å². The zero-order valence-electron chi connectivity index (χ0n) is 10.9. The first-order chi connectivity index (χ1) is 9.38. The third kappa shape index (κ3) is 3.38. The molecule has 108 valence electrons. The highest BCUT2D eigenvalue weighted by Gasteiger charge is 2.14. The third-order valence-electron chi connectivity index (χ3n) is 2.46. The van der Waals surface area contributed by atoms with Crippen molar-refractivity contribution in [3.05, 3.63) is 35.9 Å². The Hall–Kier alpha value is -1.84. The largest absolute Gasteiger partial charge is 0.354 e. The van der Waals surface area contributed by atoms with Crippen molar-refractivity contribution in [1.29, 1.82) is 0 Å². The molecule has 0 spiro atoms. The number of hydrogen-bond donors (Lipinski definition) is 1. The van der Waals surface area contributed by atoms with Crippen molar-refractivity contribution in [2.24, 2.45) is 0 Å². The molecule has 2 aromatic rings. The number of rotatable bonds is 5. The van der Waals surface area contributed by atoms with Gasteiger partial charge in [-0.3, -0.25) is 0 Å². The summed E-state index contributed by atoms with van der Waals surface area (Å²) in [5.74, 6) is -0.115. The molecule has 7 nitrogen and oxygen atoms in total. The third-order valence-corrected chi connectivity index (χ3v) is 3.93. The Labute approximate surface area is 115 Å². The second-order valence-corrected chi connectivity index (χ2v) is 6.12. The van der Waals surface area contributed by atoms with E-state index in [2.05, 4.69) is 14.9 Å². The second-order valence-electron chi connectivity index (χ2n) is 4.15. The van der Waals surface area contributed by atoms with Crippen molar-refractivity contribution in [2.45, 2.75) is 6.54 Å². The van der Waals surface area contributed by atoms with Crippen molar-refractivity contribution in [3.63, 3.8) is 0 Å². The molecule has 0 amide bonds. The van der Waals surface area contributed by atoms with Gasteiger partial charge in [0.25, 0.3) is 10.2 Å². The molecule has 0 atom stereocenters. The van der Waals surface area contributed by atoms with Gasteiger partial charge in [-0.15, -0.1) is 0 Å². The molecule has 0 saturated carbocycles. The Morgan fingerprint density at radius 2 is 2.15 bits per heavy atom. The Kier molecular flexibility index (Phi) is 4.12. The van der Waals surface area contributed by atoms with Gasteiger partial charge in [0.1, 0.15) is 11.5 Å². The van der Waals surface area contributed by atoms with E-state index < -0.39 is 16.0 Å². The zero-order chi connectivity index (χ0) is 14.8. The molecule has 0 fully saturated rings. The van der Waals surface area contributed by atoms with E-state index in [4.69, 9.17) is 4.52 Å². The molecule has 0 aliphatic heterocycles. The summed E-state index contributed by atoms with van der Waals surface area (Å²) in [7, 11) is -0.690. The minimum atomic E-state index is -3.52. The topological polar surface area (TPSA) is 88.3 Å². The first kappa shape index (κ1) is 14.6. The molecule has 0 radical (unpaired) electrons. The van der Waals surface area contributed by atoms with Crippen LogP contribution in [0.15, 0.2) is 28.9 Å². The summed E-state index contributed by atoms with van der Waals surface area (Å²) >= 11 is 0. The lowest BCUT2D eigenvalue weighted by molar-refractivity contribution is 0.420. The molecule has 2 heterocycles. The first-order valence-corrected chi connectivity index (χ1v) is 7.07. The zero-order valence-corrected chi connectivity index (χ0v) is 11.7. The van der Waals surface area contributed by atoms with Crippen LogP contribution in [0.4, 0.5) is 4.39 Å². The Balaban J connectivity index is 2.08. The lowest BCUT2D eigenvalue weighted by atomic mass is 10.2. The summed E-state index contributed by atoms with van der Waals surface area (Å²) in [6.45, 7) is -0.00872. The average molecular weight is 300 g/mol. The summed E-state index contributed by atoms with van der Waals surface area (Å²) in [4.78, 5) is 3.84. The lowest BCUT2D eigenvalue weighted by Gasteiger charge is -2.10. The van der Waals surface area contributed by atoms with Crippen molar-refractivity contribution < 1.29 is 17.3 Å². The quantitative estimate of drug-likeness (QED) is 0.881. The van der Waals surface area contributed by atoms with Crippen molar-refractivity contribution in [3.8, 4) is 11.5 Å². The van der Waals surface area contributed by atoms with Gasteiger partial charge in [0.15, 0.2) is 5.76 Å². The van der Waals surface area contributed by atoms with Crippen LogP contribution in [-0.4, -0.2) is 37.0 Å². The van der Waals surface area contributed by atoms with Crippen molar-refractivity contribution in [1.82, 2.24) is 19.2 Å². The summed E-state index contributed by atoms with van der Waals surface area (Å²) in [5.41, 5.74) is 0.817. The van der Waals surface area contributed by atoms with E-state index in [9.17, 15) is 12.8 Å². The van der Waals surface area contributed by atoms with E-state index in [1.54, 1.807) is 6.07 Å². The van der Waals surface area contributed by atoms with E-state index in [-0.39, 0.29) is 6.54 Å². The van der Waals surface area contributed by atoms with Crippen molar-refractivity contribution in [2.75, 3.05) is 14.1 Å². The predicted octanol–water partition coefficient (Wildman–Crippen LogP) is 0.772. The van der Waals surface area contributed by atoms with Crippen LogP contribution in [0.5, 0.6) is 0 Å². The van der Waals surface area contributed by atoms with Crippen LogP contribution in [0.3, 0.4) is 0 Å². The van der Waals surface area contributed by atoms with Gasteiger partial charge in [0, 0.05) is 20.2 Å². The van der Waals surface area contributed by atoms with Crippen LogP contribution < -0.4 is 4.72 Å². The van der Waals surface area contributed by atoms with Crippen LogP contribution in [0.25, 0.3) is 11.5 Å². The fraction of sp³-hybridized carbons (Fsp3) is 0.273. The molecule has 2 aromatic heterocycles. The summed E-state index contributed by atoms with van der Waals surface area (Å²) in [5, 5.41) is 3.72. The van der Waals surface area contributed by atoms with Crippen LogP contribution in [0, 0.1) is 5.82 Å². The fourth-order valence-electron chi connectivity index (χ4n) is 1.33. The predicted molar refractivity (Wildman–Crippen MR) is 69.1 cm³/mol. The number of halogens is 1. The minimum Gasteiger partial charge on any atom is -0.354 e. The second kappa shape index (κ2) is 5.65. The number of nitrogens with one attached hydrogen (secondary N) is 1.